The molecule has 0 nitrogen and oxygen atoms in total. The van der Waals surface area contributed by atoms with Crippen LogP contribution in [-0.4, -0.2) is 0 Å². The Bertz CT molecular complexity index is 2090. The summed E-state index contributed by atoms with van der Waals surface area (Å²) in [7, 11) is 0. The topological polar surface area (TPSA) is 0 Å². The number of hydrogen-bond acceptors (Lipinski definition) is 0. The second kappa shape index (κ2) is 7.43. The maximum absolute atomic E-state index is 2.53. The van der Waals surface area contributed by atoms with E-state index in [0.717, 1.165) is 12.8 Å². The fourth-order valence-electron chi connectivity index (χ4n) is 7.40. The molecule has 0 heteroatoms. The Hall–Kier alpha value is -4.68. The van der Waals surface area contributed by atoms with Gasteiger partial charge in [0.25, 0.3) is 0 Å². The van der Waals surface area contributed by atoms with E-state index < -0.39 is 0 Å². The summed E-state index contributed by atoms with van der Waals surface area (Å²) in [5.74, 6) is 0. The zero-order valence-corrected chi connectivity index (χ0v) is 21.0. The lowest BCUT2D eigenvalue weighted by molar-refractivity contribution is 1.03. The molecule has 38 heavy (non-hydrogen) atoms. The monoisotopic (exact) mass is 480 g/mol. The molecule has 2 aliphatic carbocycles. The quantitative estimate of drug-likeness (QED) is 0.216. The van der Waals surface area contributed by atoms with Gasteiger partial charge in [0.1, 0.15) is 0 Å². The van der Waals surface area contributed by atoms with Gasteiger partial charge in [0, 0.05) is 0 Å². The predicted molar refractivity (Wildman–Crippen MR) is 162 cm³/mol. The summed E-state index contributed by atoms with van der Waals surface area (Å²) < 4.78 is 0. The summed E-state index contributed by atoms with van der Waals surface area (Å²) in [4.78, 5) is 0. The predicted octanol–water partition coefficient (Wildman–Crippen LogP) is 10.2. The van der Waals surface area contributed by atoms with Crippen molar-refractivity contribution < 1.29 is 0 Å². The van der Waals surface area contributed by atoms with Crippen LogP contribution in [0.5, 0.6) is 0 Å². The minimum Gasteiger partial charge on any atom is -0.0622 e. The molecular weight excluding hydrogens is 456 g/mol. The molecule has 2 aliphatic rings. The molecule has 0 unspecified atom stereocenters. The third kappa shape index (κ3) is 2.55. The highest BCUT2D eigenvalue weighted by Gasteiger charge is 2.32. The molecule has 7 aromatic rings. The SMILES string of the molecule is c1ccc(-c2c3c(c(-c4ccccc4)c4c2cc2c5c(cccc54)CC2)-c2cccc4cccc-3c24)cc1. The second-order valence-corrected chi connectivity index (χ2v) is 10.7. The van der Waals surface area contributed by atoms with Crippen molar-refractivity contribution in [2.45, 2.75) is 12.8 Å². The summed E-state index contributed by atoms with van der Waals surface area (Å²) in [5.41, 5.74) is 13.8. The van der Waals surface area contributed by atoms with Crippen molar-refractivity contribution in [2.24, 2.45) is 0 Å². The molecule has 176 valence electrons. The first kappa shape index (κ1) is 20.4. The van der Waals surface area contributed by atoms with Gasteiger partial charge in [-0.15, -0.1) is 0 Å². The van der Waals surface area contributed by atoms with Gasteiger partial charge in [-0.2, -0.15) is 0 Å². The standard InChI is InChI=1S/C38H24/c1-3-10-24(11-4-1)34-31-22-27-21-20-26-16-9-17-28(32(26)27)36(31)35(25-12-5-2-6-13-25)38-30-19-8-15-23-14-7-18-29(33(23)30)37(34)38/h1-19,22H,20-21H2. The third-order valence-electron chi connectivity index (χ3n) is 8.83. The van der Waals surface area contributed by atoms with Crippen molar-refractivity contribution in [3.05, 3.63) is 132 Å². The Labute approximate surface area is 221 Å². The minimum atomic E-state index is 1.12. The van der Waals surface area contributed by atoms with Crippen molar-refractivity contribution in [3.8, 4) is 44.5 Å². The zero-order chi connectivity index (χ0) is 24.8. The van der Waals surface area contributed by atoms with Gasteiger partial charge in [-0.3, -0.25) is 0 Å². The highest BCUT2D eigenvalue weighted by Crippen LogP contribution is 2.58. The smallest absolute Gasteiger partial charge is 0.000719 e. The fourth-order valence-corrected chi connectivity index (χ4v) is 7.40. The first-order valence-electron chi connectivity index (χ1n) is 13.6. The van der Waals surface area contributed by atoms with Crippen molar-refractivity contribution in [1.82, 2.24) is 0 Å². The largest absolute Gasteiger partial charge is 0.0622 e. The molecule has 0 amide bonds. The molecule has 0 aliphatic heterocycles. The summed E-state index contributed by atoms with van der Waals surface area (Å²) in [6.07, 6.45) is 2.25. The highest BCUT2D eigenvalue weighted by atomic mass is 14.3. The second-order valence-electron chi connectivity index (χ2n) is 10.7. The lowest BCUT2D eigenvalue weighted by Crippen LogP contribution is -1.95. The van der Waals surface area contributed by atoms with E-state index in [1.807, 2.05) is 0 Å². The van der Waals surface area contributed by atoms with Crippen molar-refractivity contribution >= 4 is 32.3 Å². The molecule has 0 fully saturated rings. The first-order chi connectivity index (χ1) is 18.9. The van der Waals surface area contributed by atoms with E-state index in [4.69, 9.17) is 0 Å². The van der Waals surface area contributed by atoms with Gasteiger partial charge in [-0.1, -0.05) is 115 Å². The molecule has 0 aromatic heterocycles. The van der Waals surface area contributed by atoms with Crippen molar-refractivity contribution in [3.63, 3.8) is 0 Å². The van der Waals surface area contributed by atoms with Crippen LogP contribution in [0.4, 0.5) is 0 Å². The van der Waals surface area contributed by atoms with E-state index in [0.29, 0.717) is 0 Å². The van der Waals surface area contributed by atoms with E-state index >= 15 is 0 Å². The lowest BCUT2D eigenvalue weighted by atomic mass is 9.80. The van der Waals surface area contributed by atoms with Crippen LogP contribution >= 0.6 is 0 Å². The van der Waals surface area contributed by atoms with E-state index in [2.05, 4.69) is 121 Å². The van der Waals surface area contributed by atoms with Crippen LogP contribution in [0, 0.1) is 0 Å². The molecule has 7 aromatic carbocycles. The van der Waals surface area contributed by atoms with E-state index in [1.54, 1.807) is 0 Å². The van der Waals surface area contributed by atoms with E-state index in [9.17, 15) is 0 Å². The minimum absolute atomic E-state index is 1.12. The van der Waals surface area contributed by atoms with Gasteiger partial charge in [-0.05, 0) is 107 Å². The molecule has 9 rings (SSSR count). The van der Waals surface area contributed by atoms with Crippen LogP contribution in [0.2, 0.25) is 0 Å². The number of hydrogen-bond donors (Lipinski definition) is 0. The van der Waals surface area contributed by atoms with Crippen LogP contribution < -0.4 is 0 Å². The molecule has 0 spiro atoms. The Morgan fingerprint density at radius 2 is 0.974 bits per heavy atom. The number of benzene rings is 7. The van der Waals surface area contributed by atoms with Gasteiger partial charge in [0.2, 0.25) is 0 Å². The van der Waals surface area contributed by atoms with Crippen molar-refractivity contribution in [2.75, 3.05) is 0 Å². The Balaban J connectivity index is 1.62. The molecule has 0 bridgehead atoms. The van der Waals surface area contributed by atoms with Gasteiger partial charge in [-0.25, -0.2) is 0 Å². The van der Waals surface area contributed by atoms with Crippen molar-refractivity contribution in [1.29, 1.82) is 0 Å². The molecule has 0 N–H and O–H groups in total. The molecule has 0 saturated heterocycles. The summed E-state index contributed by atoms with van der Waals surface area (Å²) >= 11 is 0. The fraction of sp³-hybridized carbons (Fsp3) is 0.0526. The maximum atomic E-state index is 2.53. The number of fused-ring (bicyclic) bond motifs is 5. The lowest BCUT2D eigenvalue weighted by Gasteiger charge is -2.22. The average Bonchev–Trinajstić information content (AvgIpc) is 3.55. The maximum Gasteiger partial charge on any atom is -0.000719 e. The Morgan fingerprint density at radius 3 is 1.68 bits per heavy atom. The first-order valence-corrected chi connectivity index (χ1v) is 13.6. The van der Waals surface area contributed by atoms with Crippen LogP contribution in [-0.2, 0) is 12.8 Å². The molecular formula is C38H24. The molecule has 0 saturated carbocycles. The molecule has 0 atom stereocenters. The Kier molecular flexibility index (Phi) is 3.99. The molecule has 0 heterocycles. The molecule has 0 radical (unpaired) electrons. The zero-order valence-electron chi connectivity index (χ0n) is 21.0. The van der Waals surface area contributed by atoms with Gasteiger partial charge < -0.3 is 0 Å². The van der Waals surface area contributed by atoms with Gasteiger partial charge in [0.15, 0.2) is 0 Å². The van der Waals surface area contributed by atoms with Crippen LogP contribution in [0.15, 0.2) is 121 Å². The summed E-state index contributed by atoms with van der Waals surface area (Å²) in [5, 5.41) is 8.33. The highest BCUT2D eigenvalue weighted by molar-refractivity contribution is 6.31. The van der Waals surface area contributed by atoms with Crippen LogP contribution in [0.1, 0.15) is 11.1 Å². The normalized spacial score (nSPS) is 13.1. The Morgan fingerprint density at radius 1 is 0.368 bits per heavy atom. The summed E-state index contributed by atoms with van der Waals surface area (Å²) in [6.45, 7) is 0. The summed E-state index contributed by atoms with van der Waals surface area (Å²) in [6, 6.07) is 45.3. The number of aryl methyl sites for hydroxylation is 2. The van der Waals surface area contributed by atoms with Gasteiger partial charge in [0.05, 0.1) is 0 Å². The average molecular weight is 481 g/mol. The van der Waals surface area contributed by atoms with Crippen LogP contribution in [0.25, 0.3) is 76.8 Å². The number of rotatable bonds is 2. The van der Waals surface area contributed by atoms with Crippen LogP contribution in [0.3, 0.4) is 0 Å². The van der Waals surface area contributed by atoms with E-state index in [1.165, 1.54) is 88.0 Å². The third-order valence-corrected chi connectivity index (χ3v) is 8.83. The van der Waals surface area contributed by atoms with Gasteiger partial charge >= 0.3 is 0 Å². The van der Waals surface area contributed by atoms with E-state index in [-0.39, 0.29) is 0 Å².